The minimum absolute atomic E-state index is 0.0653. The molecule has 3 aliphatic carbocycles. The van der Waals surface area contributed by atoms with Crippen LogP contribution in [0.1, 0.15) is 133 Å². The van der Waals surface area contributed by atoms with Crippen molar-refractivity contribution < 1.29 is 43.2 Å². The Morgan fingerprint density at radius 3 is 1.33 bits per heavy atom. The van der Waals surface area contributed by atoms with Crippen LogP contribution in [0, 0.1) is 0 Å². The first kappa shape index (κ1) is 65.4. The number of nitrogens with two attached hydrogens (primary N) is 1. The third-order valence-electron chi connectivity index (χ3n) is 14.7. The summed E-state index contributed by atoms with van der Waals surface area (Å²) in [6.45, 7) is 5.71. The van der Waals surface area contributed by atoms with Crippen LogP contribution in [0.25, 0.3) is 11.1 Å². The maximum atomic E-state index is 13.2. The molecule has 3 heterocycles. The van der Waals surface area contributed by atoms with E-state index in [1.54, 1.807) is 80.4 Å². The summed E-state index contributed by atoms with van der Waals surface area (Å²) in [6, 6.07) is 21.7. The van der Waals surface area contributed by atoms with Gasteiger partial charge in [0.15, 0.2) is 0 Å². The molecule has 0 spiro atoms. The smallest absolute Gasteiger partial charge is 0.406 e. The van der Waals surface area contributed by atoms with Crippen molar-refractivity contribution in [3.8, 4) is 16.9 Å². The number of alkyl halides is 3. The third-order valence-corrected chi connectivity index (χ3v) is 20.4. The van der Waals surface area contributed by atoms with Crippen LogP contribution in [0.3, 0.4) is 0 Å². The van der Waals surface area contributed by atoms with Gasteiger partial charge in [-0.05, 0) is 185 Å². The lowest BCUT2D eigenvalue weighted by molar-refractivity contribution is -0.274. The molecule has 19 nitrogen and oxygen atoms in total. The monoisotopic (exact) mass is 1350 g/mol. The number of aromatic nitrogens is 9. The highest BCUT2D eigenvalue weighted by Crippen LogP contribution is 2.34. The maximum Gasteiger partial charge on any atom is 0.573 e. The molecule has 6 atom stereocenters. The Morgan fingerprint density at radius 2 is 0.916 bits per heavy atom. The lowest BCUT2D eigenvalue weighted by Crippen LogP contribution is -2.39. The lowest BCUT2D eigenvalue weighted by Gasteiger charge is -2.30. The van der Waals surface area contributed by atoms with Crippen molar-refractivity contribution in [2.24, 2.45) is 5.73 Å². The standard InChI is InChI=1S/C23H25F3N4O3S.C16H21BrN4O2S.C8H8BrClO2S.C8H14N4/c1-2-16-12-18(17-6-9-21(10-7-17)33-23(24,25)26)8-11-22(16)34(31,32)29-19-4-3-5-20(13-19)30-14-27-28-15-30;1-2-12-8-13(17)6-7-16(12)24(22,23)20-14-4-3-5-15(9-14)21-10-18-19-11-21;1-2-6-5-7(9)3-4-8(6)13(10,11)12;9-7-2-1-3-8(4-7)12-5-10-11-6-12/h6-12,14-15,19-20,29H,2-5,13H2,1H3;6-8,10-11,14-15,20H,2-5,9H2,1H3;3-5H,2H2,1H3;5-8H,1-4,9H2/t19-,20+;14-,15+;;7-,8+/m00.0/s1. The quantitative estimate of drug-likeness (QED) is 0.0807. The van der Waals surface area contributed by atoms with Crippen LogP contribution in [-0.2, 0) is 48.4 Å². The van der Waals surface area contributed by atoms with Crippen molar-refractivity contribution in [3.63, 3.8) is 0 Å². The Morgan fingerprint density at radius 1 is 0.542 bits per heavy atom. The van der Waals surface area contributed by atoms with E-state index in [1.807, 2.05) is 36.0 Å². The maximum absolute atomic E-state index is 13.2. The lowest BCUT2D eigenvalue weighted by atomic mass is 9.91. The molecule has 3 fully saturated rings. The van der Waals surface area contributed by atoms with E-state index in [2.05, 4.69) is 81.2 Å². The molecule has 7 aromatic rings. The number of nitrogens with zero attached hydrogens (tertiary/aromatic N) is 9. The van der Waals surface area contributed by atoms with Gasteiger partial charge in [-0.1, -0.05) is 70.8 Å². The van der Waals surface area contributed by atoms with Gasteiger partial charge in [-0.3, -0.25) is 0 Å². The van der Waals surface area contributed by atoms with E-state index in [4.69, 9.17) is 16.4 Å². The van der Waals surface area contributed by atoms with Gasteiger partial charge in [0.25, 0.3) is 9.05 Å². The van der Waals surface area contributed by atoms with Gasteiger partial charge in [-0.2, -0.15) is 0 Å². The fourth-order valence-corrected chi connectivity index (χ4v) is 15.8. The number of ether oxygens (including phenoxy) is 1. The fourth-order valence-electron chi connectivity index (χ4n) is 10.6. The average Bonchev–Trinajstić information content (AvgIpc) is 4.40. The molecular formula is C55H68Br2ClF3N12O7S3. The second kappa shape index (κ2) is 29.8. The molecule has 4 aromatic carbocycles. The van der Waals surface area contributed by atoms with Gasteiger partial charge >= 0.3 is 6.36 Å². The minimum atomic E-state index is -4.76. The van der Waals surface area contributed by atoms with E-state index in [0.29, 0.717) is 59.4 Å². The van der Waals surface area contributed by atoms with E-state index >= 15 is 0 Å². The molecule has 450 valence electrons. The third kappa shape index (κ3) is 19.2. The van der Waals surface area contributed by atoms with E-state index in [0.717, 1.165) is 71.4 Å². The van der Waals surface area contributed by atoms with E-state index < -0.39 is 35.5 Å². The Hall–Kier alpha value is -5.13. The molecular weight excluding hydrogens is 1290 g/mol. The van der Waals surface area contributed by atoms with Crippen molar-refractivity contribution in [3.05, 3.63) is 142 Å². The fraction of sp³-hybridized carbons (Fsp3) is 0.455. The highest BCUT2D eigenvalue weighted by molar-refractivity contribution is 9.10. The first-order valence-electron chi connectivity index (χ1n) is 27.3. The number of hydrogen-bond donors (Lipinski definition) is 3. The average molecular weight is 1360 g/mol. The van der Waals surface area contributed by atoms with Gasteiger partial charge in [0, 0.05) is 55.9 Å². The minimum Gasteiger partial charge on any atom is -0.406 e. The summed E-state index contributed by atoms with van der Waals surface area (Å²) in [4.78, 5) is 0.779. The highest BCUT2D eigenvalue weighted by Gasteiger charge is 2.32. The number of sulfonamides is 2. The molecule has 0 amide bonds. The highest BCUT2D eigenvalue weighted by atomic mass is 79.9. The Kier molecular flexibility index (Phi) is 23.5. The molecule has 28 heteroatoms. The van der Waals surface area contributed by atoms with Crippen LogP contribution in [0.4, 0.5) is 13.2 Å². The van der Waals surface area contributed by atoms with E-state index in [1.165, 1.54) is 49.6 Å². The van der Waals surface area contributed by atoms with Crippen molar-refractivity contribution in [1.29, 1.82) is 0 Å². The summed E-state index contributed by atoms with van der Waals surface area (Å²) < 4.78 is 129. The molecule has 3 aliphatic rings. The summed E-state index contributed by atoms with van der Waals surface area (Å²) in [7, 11) is -5.64. The Labute approximate surface area is 504 Å². The summed E-state index contributed by atoms with van der Waals surface area (Å²) in [5.74, 6) is -0.312. The number of halogens is 6. The van der Waals surface area contributed by atoms with Gasteiger partial charge < -0.3 is 24.2 Å². The van der Waals surface area contributed by atoms with Crippen LogP contribution in [0.5, 0.6) is 5.75 Å². The zero-order valence-corrected chi connectivity index (χ0v) is 52.4. The van der Waals surface area contributed by atoms with Crippen molar-refractivity contribution >= 4 is 71.6 Å². The summed E-state index contributed by atoms with van der Waals surface area (Å²) in [5.41, 5.74) is 9.42. The number of nitrogens with one attached hydrogen (secondary N) is 2. The van der Waals surface area contributed by atoms with Crippen LogP contribution < -0.4 is 19.9 Å². The van der Waals surface area contributed by atoms with E-state index in [-0.39, 0.29) is 39.7 Å². The molecule has 3 saturated carbocycles. The predicted octanol–water partition coefficient (Wildman–Crippen LogP) is 11.6. The number of hydrogen-bond acceptors (Lipinski definition) is 14. The van der Waals surface area contributed by atoms with Crippen molar-refractivity contribution in [2.75, 3.05) is 0 Å². The molecule has 0 saturated heterocycles. The summed E-state index contributed by atoms with van der Waals surface area (Å²) >= 11 is 6.67. The molecule has 0 bridgehead atoms. The van der Waals surface area contributed by atoms with Gasteiger partial charge in [-0.25, -0.2) is 34.7 Å². The molecule has 4 N–H and O–H groups in total. The topological polar surface area (TPSA) is 254 Å². The van der Waals surface area contributed by atoms with Crippen LogP contribution in [0.2, 0.25) is 0 Å². The molecule has 0 aliphatic heterocycles. The van der Waals surface area contributed by atoms with Crippen molar-refractivity contribution in [2.45, 2.75) is 174 Å². The zero-order chi connectivity index (χ0) is 60.0. The Bertz CT molecular complexity index is 3520. The number of rotatable bonds is 15. The summed E-state index contributed by atoms with van der Waals surface area (Å²) in [6.07, 6.45) is 18.8. The molecule has 0 unspecified atom stereocenters. The van der Waals surface area contributed by atoms with E-state index in [9.17, 15) is 38.4 Å². The zero-order valence-electron chi connectivity index (χ0n) is 46.0. The second-order valence-electron chi connectivity index (χ2n) is 20.5. The van der Waals surface area contributed by atoms with Gasteiger partial charge in [-0.15, -0.1) is 43.8 Å². The number of benzene rings is 4. The first-order chi connectivity index (χ1) is 39.4. The first-order valence-corrected chi connectivity index (χ1v) is 34.1. The normalized spacial score (nSPS) is 20.4. The predicted molar refractivity (Wildman–Crippen MR) is 317 cm³/mol. The molecule has 10 rings (SSSR count). The van der Waals surface area contributed by atoms with Crippen LogP contribution >= 0.6 is 42.5 Å². The molecule has 83 heavy (non-hydrogen) atoms. The van der Waals surface area contributed by atoms with Gasteiger partial charge in [0.2, 0.25) is 20.0 Å². The second-order valence-corrected chi connectivity index (χ2v) is 28.2. The number of aryl methyl sites for hydroxylation is 3. The van der Waals surface area contributed by atoms with Gasteiger partial charge in [0.1, 0.15) is 43.7 Å². The molecule has 3 aromatic heterocycles. The Balaban J connectivity index is 0.000000174. The van der Waals surface area contributed by atoms with Crippen molar-refractivity contribution in [1.82, 2.24) is 53.7 Å². The van der Waals surface area contributed by atoms with Crippen LogP contribution in [0.15, 0.2) is 140 Å². The largest absolute Gasteiger partial charge is 0.573 e. The molecule has 0 radical (unpaired) electrons. The van der Waals surface area contributed by atoms with Gasteiger partial charge in [0.05, 0.1) is 14.7 Å². The SMILES string of the molecule is CCc1cc(-c2ccc(OC(F)(F)F)cc2)ccc1S(=O)(=O)N[C@H]1CCC[C@@H](n2cnnc2)C1.CCc1cc(Br)ccc1S(=O)(=O)Cl.CCc1cc(Br)ccc1S(=O)(=O)N[C@H]1CCC[C@@H](n2cnnc2)C1.N[C@H]1CCC[C@@H](n2cnnc2)C1. The van der Waals surface area contributed by atoms with Crippen LogP contribution in [-0.4, -0.2) is 94.0 Å². The summed E-state index contributed by atoms with van der Waals surface area (Å²) in [5, 5.41) is 23.0.